The zero-order chi connectivity index (χ0) is 20.3. The molecule has 0 bridgehead atoms. The summed E-state index contributed by atoms with van der Waals surface area (Å²) in [5.74, 6) is -1.06. The molecular weight excluding hydrogens is 360 g/mol. The molecule has 1 amide bonds. The maximum absolute atomic E-state index is 12.2. The molecule has 0 aromatic carbocycles. The molecule has 0 spiro atoms. The first-order chi connectivity index (χ1) is 13.3. The number of pyridine rings is 2. The predicted octanol–water partition coefficient (Wildman–Crippen LogP) is 1.59. The van der Waals surface area contributed by atoms with Gasteiger partial charge in [0, 0.05) is 44.9 Å². The van der Waals surface area contributed by atoms with Crippen LogP contribution in [0.3, 0.4) is 0 Å². The molecule has 8 heteroatoms. The molecule has 28 heavy (non-hydrogen) atoms. The summed E-state index contributed by atoms with van der Waals surface area (Å²) in [7, 11) is 1.65. The van der Waals surface area contributed by atoms with Gasteiger partial charge in [0.25, 0.3) is 0 Å². The lowest BCUT2D eigenvalue weighted by molar-refractivity contribution is -0.137. The average molecular weight is 386 g/mol. The topological polar surface area (TPSA) is 107 Å². The van der Waals surface area contributed by atoms with Gasteiger partial charge in [-0.3, -0.25) is 14.6 Å². The van der Waals surface area contributed by atoms with Gasteiger partial charge >= 0.3 is 5.97 Å². The van der Waals surface area contributed by atoms with E-state index >= 15 is 0 Å². The summed E-state index contributed by atoms with van der Waals surface area (Å²) in [6.07, 6.45) is 2.72. The van der Waals surface area contributed by atoms with Crippen LogP contribution in [0.4, 0.5) is 5.69 Å². The number of anilines is 1. The largest absolute Gasteiger partial charge is 0.481 e. The number of aromatic nitrogens is 2. The van der Waals surface area contributed by atoms with Crippen molar-refractivity contribution in [2.75, 3.05) is 31.6 Å². The van der Waals surface area contributed by atoms with Gasteiger partial charge < -0.3 is 20.0 Å². The number of carboxylic acids is 1. The van der Waals surface area contributed by atoms with Gasteiger partial charge in [-0.25, -0.2) is 4.98 Å². The van der Waals surface area contributed by atoms with E-state index in [0.29, 0.717) is 25.9 Å². The Hall–Kier alpha value is -2.74. The van der Waals surface area contributed by atoms with Gasteiger partial charge in [0.05, 0.1) is 17.7 Å². The Morgan fingerprint density at radius 2 is 2.07 bits per heavy atom. The monoisotopic (exact) mass is 386 g/mol. The fourth-order valence-corrected chi connectivity index (χ4v) is 3.67. The van der Waals surface area contributed by atoms with E-state index in [1.54, 1.807) is 13.2 Å². The van der Waals surface area contributed by atoms with Crippen LogP contribution in [0.15, 0.2) is 24.4 Å². The first-order valence-corrected chi connectivity index (χ1v) is 9.43. The number of hydrogen-bond acceptors (Lipinski definition) is 6. The molecule has 0 radical (unpaired) electrons. The van der Waals surface area contributed by atoms with E-state index in [-0.39, 0.29) is 25.3 Å². The summed E-state index contributed by atoms with van der Waals surface area (Å²) < 4.78 is 0. The molecule has 0 saturated carbocycles. The highest BCUT2D eigenvalue weighted by Crippen LogP contribution is 2.31. The molecule has 2 aromatic rings. The Morgan fingerprint density at radius 3 is 2.82 bits per heavy atom. The molecule has 2 aromatic heterocycles. The summed E-state index contributed by atoms with van der Waals surface area (Å²) in [6, 6.07) is 5.76. The molecule has 1 fully saturated rings. The van der Waals surface area contributed by atoms with Crippen LogP contribution in [-0.4, -0.2) is 69.2 Å². The number of amides is 1. The fourth-order valence-electron chi connectivity index (χ4n) is 3.67. The van der Waals surface area contributed by atoms with Crippen molar-refractivity contribution in [3.05, 3.63) is 30.1 Å². The van der Waals surface area contributed by atoms with E-state index in [2.05, 4.69) is 14.9 Å². The Labute approximate surface area is 163 Å². The van der Waals surface area contributed by atoms with Gasteiger partial charge in [-0.05, 0) is 38.0 Å². The number of aryl methyl sites for hydroxylation is 1. The maximum Gasteiger partial charge on any atom is 0.303 e. The second kappa shape index (κ2) is 8.10. The Bertz CT molecular complexity index is 888. The lowest BCUT2D eigenvalue weighted by Gasteiger charge is -2.29. The summed E-state index contributed by atoms with van der Waals surface area (Å²) in [4.78, 5) is 35.3. The van der Waals surface area contributed by atoms with Crippen LogP contribution in [0.2, 0.25) is 0 Å². The summed E-state index contributed by atoms with van der Waals surface area (Å²) in [5.41, 5.74) is 2.44. The van der Waals surface area contributed by atoms with E-state index in [1.807, 2.05) is 25.1 Å². The van der Waals surface area contributed by atoms with Gasteiger partial charge in [0.2, 0.25) is 5.91 Å². The maximum atomic E-state index is 12.2. The number of carbonyl (C=O) groups is 2. The second-order valence-electron chi connectivity index (χ2n) is 7.54. The molecule has 8 nitrogen and oxygen atoms in total. The quantitative estimate of drug-likeness (QED) is 0.744. The predicted molar refractivity (Wildman–Crippen MR) is 105 cm³/mol. The van der Waals surface area contributed by atoms with Crippen molar-refractivity contribution in [3.8, 4) is 0 Å². The smallest absolute Gasteiger partial charge is 0.303 e. The first kappa shape index (κ1) is 20.0. The van der Waals surface area contributed by atoms with Crippen LogP contribution in [0.25, 0.3) is 11.0 Å². The van der Waals surface area contributed by atoms with Crippen LogP contribution in [0, 0.1) is 6.92 Å². The number of fused-ring (bicyclic) bond motifs is 1. The summed E-state index contributed by atoms with van der Waals surface area (Å²) in [5, 5.41) is 19.7. The van der Waals surface area contributed by atoms with Crippen molar-refractivity contribution in [2.45, 2.75) is 38.2 Å². The Kier molecular flexibility index (Phi) is 5.79. The van der Waals surface area contributed by atoms with Crippen LogP contribution in [0.1, 0.15) is 31.4 Å². The second-order valence-corrected chi connectivity index (χ2v) is 7.54. The number of hydrogen-bond donors (Lipinski definition) is 2. The molecule has 1 atom stereocenters. The molecule has 3 rings (SSSR count). The average Bonchev–Trinajstić information content (AvgIpc) is 3.02. The first-order valence-electron chi connectivity index (χ1n) is 9.43. The van der Waals surface area contributed by atoms with E-state index in [0.717, 1.165) is 22.4 Å². The Morgan fingerprint density at radius 1 is 1.29 bits per heavy atom. The number of aliphatic hydroxyl groups is 1. The van der Waals surface area contributed by atoms with Crippen LogP contribution in [-0.2, 0) is 9.59 Å². The third kappa shape index (κ3) is 4.56. The molecule has 1 aliphatic rings. The minimum atomic E-state index is -1.02. The van der Waals surface area contributed by atoms with Gasteiger partial charge in [-0.15, -0.1) is 0 Å². The number of β-amino-alcohol motifs (C(OH)–C–C–N with tert-alkyl or cyclic N) is 1. The lowest BCUT2D eigenvalue weighted by atomic mass is 10.0. The van der Waals surface area contributed by atoms with Gasteiger partial charge in [0.1, 0.15) is 11.1 Å². The zero-order valence-corrected chi connectivity index (χ0v) is 16.3. The number of likely N-dealkylation sites (N-methyl/N-ethyl adjacent to an activating group) is 1. The molecule has 0 unspecified atom stereocenters. The molecule has 1 saturated heterocycles. The molecule has 1 aliphatic heterocycles. The lowest BCUT2D eigenvalue weighted by Crippen LogP contribution is -2.45. The van der Waals surface area contributed by atoms with E-state index < -0.39 is 11.6 Å². The minimum absolute atomic E-state index is 0.0286. The number of carboxylic acid groups (broad SMARTS) is 1. The van der Waals surface area contributed by atoms with Crippen LogP contribution in [0.5, 0.6) is 0 Å². The van der Waals surface area contributed by atoms with Gasteiger partial charge in [0.15, 0.2) is 0 Å². The van der Waals surface area contributed by atoms with Crippen molar-refractivity contribution < 1.29 is 19.8 Å². The van der Waals surface area contributed by atoms with Crippen molar-refractivity contribution in [1.82, 2.24) is 14.9 Å². The zero-order valence-electron chi connectivity index (χ0n) is 16.3. The molecule has 150 valence electrons. The highest BCUT2D eigenvalue weighted by molar-refractivity contribution is 5.88. The van der Waals surface area contributed by atoms with Crippen molar-refractivity contribution in [1.29, 1.82) is 0 Å². The van der Waals surface area contributed by atoms with E-state index in [1.165, 1.54) is 4.90 Å². The molecule has 3 heterocycles. The highest BCUT2D eigenvalue weighted by Gasteiger charge is 2.38. The van der Waals surface area contributed by atoms with Crippen molar-refractivity contribution >= 4 is 28.6 Å². The normalized spacial score (nSPS) is 19.2. The Balaban J connectivity index is 1.66. The van der Waals surface area contributed by atoms with Gasteiger partial charge in [-0.2, -0.15) is 0 Å². The number of nitrogens with zero attached hydrogens (tertiary/aromatic N) is 4. The number of carbonyl (C=O) groups excluding carboxylic acids is 1. The van der Waals surface area contributed by atoms with Crippen molar-refractivity contribution in [3.63, 3.8) is 0 Å². The number of aliphatic carboxylic acids is 1. The third-order valence-electron chi connectivity index (χ3n) is 5.11. The number of rotatable bonds is 7. The van der Waals surface area contributed by atoms with Crippen molar-refractivity contribution in [2.24, 2.45) is 0 Å². The van der Waals surface area contributed by atoms with Crippen LogP contribution >= 0.6 is 0 Å². The molecule has 2 N–H and O–H groups in total. The standard InChI is InChI=1S/C20H26N4O4/c1-14-6-7-15-19(22-14)16(8-10-21-15)24-11-9-20(28,13-24)12-23(2)17(25)4-3-5-18(26)27/h6-8,10,28H,3-5,9,11-13H2,1-2H3,(H,26,27)/t20-/m1/s1. The third-order valence-corrected chi connectivity index (χ3v) is 5.11. The van der Waals surface area contributed by atoms with E-state index in [9.17, 15) is 14.7 Å². The fraction of sp³-hybridized carbons (Fsp3) is 0.500. The minimum Gasteiger partial charge on any atom is -0.481 e. The molecule has 0 aliphatic carbocycles. The summed E-state index contributed by atoms with van der Waals surface area (Å²) in [6.45, 7) is 3.20. The SMILES string of the molecule is Cc1ccc2nccc(N3CC[C@@](O)(CN(C)C(=O)CCCC(=O)O)C3)c2n1. The highest BCUT2D eigenvalue weighted by atomic mass is 16.4. The molecular formula is C20H26N4O4. The summed E-state index contributed by atoms with van der Waals surface area (Å²) >= 11 is 0. The van der Waals surface area contributed by atoms with E-state index in [4.69, 9.17) is 5.11 Å². The van der Waals surface area contributed by atoms with Crippen LogP contribution < -0.4 is 4.90 Å². The van der Waals surface area contributed by atoms with Gasteiger partial charge in [-0.1, -0.05) is 0 Å².